The SMILES string of the molecule is Cc1nnc(SCC(=O)N2CCO[C@@H](C)C2)n1Cc1ccccc1. The molecule has 1 saturated heterocycles. The van der Waals surface area contributed by atoms with Crippen LogP contribution in [-0.4, -0.2) is 57.1 Å². The van der Waals surface area contributed by atoms with Crippen LogP contribution in [0.25, 0.3) is 0 Å². The zero-order chi connectivity index (χ0) is 16.9. The minimum absolute atomic E-state index is 0.108. The van der Waals surface area contributed by atoms with Crippen molar-refractivity contribution in [1.29, 1.82) is 0 Å². The molecule has 7 heteroatoms. The van der Waals surface area contributed by atoms with Crippen LogP contribution in [0.3, 0.4) is 0 Å². The first-order valence-electron chi connectivity index (χ1n) is 8.09. The van der Waals surface area contributed by atoms with E-state index in [0.29, 0.717) is 32.0 Å². The Kier molecular flexibility index (Phi) is 5.52. The molecule has 1 aromatic heterocycles. The Bertz CT molecular complexity index is 689. The normalized spacial score (nSPS) is 17.9. The summed E-state index contributed by atoms with van der Waals surface area (Å²) in [7, 11) is 0. The van der Waals surface area contributed by atoms with Crippen LogP contribution < -0.4 is 0 Å². The van der Waals surface area contributed by atoms with E-state index in [2.05, 4.69) is 26.9 Å². The number of aryl methyl sites for hydroxylation is 1. The fourth-order valence-corrected chi connectivity index (χ4v) is 3.57. The molecule has 2 aromatic rings. The molecular formula is C17H22N4O2S. The second-order valence-electron chi connectivity index (χ2n) is 5.91. The van der Waals surface area contributed by atoms with Gasteiger partial charge in [0, 0.05) is 13.1 Å². The molecule has 0 radical (unpaired) electrons. The van der Waals surface area contributed by atoms with Crippen molar-refractivity contribution in [3.8, 4) is 0 Å². The number of amides is 1. The second-order valence-corrected chi connectivity index (χ2v) is 6.85. The van der Waals surface area contributed by atoms with Gasteiger partial charge in [0.1, 0.15) is 5.82 Å². The lowest BCUT2D eigenvalue weighted by molar-refractivity contribution is -0.135. The number of aromatic nitrogens is 3. The highest BCUT2D eigenvalue weighted by Crippen LogP contribution is 2.19. The Hall–Kier alpha value is -1.86. The highest BCUT2D eigenvalue weighted by atomic mass is 32.2. The van der Waals surface area contributed by atoms with Gasteiger partial charge in [0.25, 0.3) is 0 Å². The maximum atomic E-state index is 12.4. The predicted octanol–water partition coefficient (Wildman–Crippen LogP) is 1.97. The van der Waals surface area contributed by atoms with Crippen LogP contribution in [0.15, 0.2) is 35.5 Å². The van der Waals surface area contributed by atoms with E-state index in [9.17, 15) is 4.79 Å². The Morgan fingerprint density at radius 3 is 2.88 bits per heavy atom. The quantitative estimate of drug-likeness (QED) is 0.775. The van der Waals surface area contributed by atoms with Gasteiger partial charge < -0.3 is 14.2 Å². The summed E-state index contributed by atoms with van der Waals surface area (Å²) < 4.78 is 7.53. The van der Waals surface area contributed by atoms with Crippen molar-refractivity contribution in [2.24, 2.45) is 0 Å². The molecule has 1 aliphatic rings. The van der Waals surface area contributed by atoms with Gasteiger partial charge in [0.15, 0.2) is 5.16 Å². The van der Waals surface area contributed by atoms with Gasteiger partial charge >= 0.3 is 0 Å². The van der Waals surface area contributed by atoms with Crippen LogP contribution in [0.4, 0.5) is 0 Å². The number of benzene rings is 1. The summed E-state index contributed by atoms with van der Waals surface area (Å²) in [5.41, 5.74) is 1.19. The van der Waals surface area contributed by atoms with Gasteiger partial charge in [-0.25, -0.2) is 0 Å². The molecule has 0 unspecified atom stereocenters. The number of hydrogen-bond donors (Lipinski definition) is 0. The smallest absolute Gasteiger partial charge is 0.233 e. The fourth-order valence-electron chi connectivity index (χ4n) is 2.68. The zero-order valence-electron chi connectivity index (χ0n) is 14.0. The topological polar surface area (TPSA) is 60.3 Å². The maximum Gasteiger partial charge on any atom is 0.233 e. The Balaban J connectivity index is 1.62. The predicted molar refractivity (Wildman–Crippen MR) is 93.0 cm³/mol. The van der Waals surface area contributed by atoms with E-state index in [4.69, 9.17) is 4.74 Å². The molecule has 1 atom stereocenters. The van der Waals surface area contributed by atoms with Crippen LogP contribution in [0.2, 0.25) is 0 Å². The van der Waals surface area contributed by atoms with Crippen LogP contribution >= 0.6 is 11.8 Å². The molecule has 128 valence electrons. The summed E-state index contributed by atoms with van der Waals surface area (Å²) in [5, 5.41) is 9.17. The summed E-state index contributed by atoms with van der Waals surface area (Å²) in [6.07, 6.45) is 0.108. The summed E-state index contributed by atoms with van der Waals surface area (Å²) in [5.74, 6) is 1.36. The van der Waals surface area contributed by atoms with Gasteiger partial charge in [-0.15, -0.1) is 10.2 Å². The first kappa shape index (κ1) is 17.0. The number of carbonyl (C=O) groups is 1. The number of morpholine rings is 1. The molecule has 1 aromatic carbocycles. The zero-order valence-corrected chi connectivity index (χ0v) is 14.8. The summed E-state index contributed by atoms with van der Waals surface area (Å²) in [6.45, 7) is 6.58. The van der Waals surface area contributed by atoms with Crippen molar-refractivity contribution in [2.75, 3.05) is 25.4 Å². The molecule has 3 rings (SSSR count). The molecule has 0 bridgehead atoms. The van der Waals surface area contributed by atoms with Gasteiger partial charge in [-0.1, -0.05) is 42.1 Å². The average molecular weight is 346 g/mol. The molecule has 1 aliphatic heterocycles. The Labute approximate surface area is 146 Å². The third-order valence-electron chi connectivity index (χ3n) is 4.00. The van der Waals surface area contributed by atoms with Crippen LogP contribution in [-0.2, 0) is 16.1 Å². The monoisotopic (exact) mass is 346 g/mol. The van der Waals surface area contributed by atoms with Crippen molar-refractivity contribution in [2.45, 2.75) is 31.7 Å². The first-order valence-corrected chi connectivity index (χ1v) is 9.08. The van der Waals surface area contributed by atoms with E-state index in [0.717, 1.165) is 11.0 Å². The van der Waals surface area contributed by atoms with Crippen LogP contribution in [0.1, 0.15) is 18.3 Å². The molecule has 1 amide bonds. The standard InChI is InChI=1S/C17H22N4O2S/c1-13-10-20(8-9-23-13)16(22)12-24-17-19-18-14(2)21(17)11-15-6-4-3-5-7-15/h3-7,13H,8-12H2,1-2H3/t13-/m0/s1. The number of carbonyl (C=O) groups excluding carboxylic acids is 1. The van der Waals surface area contributed by atoms with E-state index >= 15 is 0 Å². The molecule has 0 spiro atoms. The summed E-state index contributed by atoms with van der Waals surface area (Å²) in [6, 6.07) is 10.2. The minimum Gasteiger partial charge on any atom is -0.375 e. The number of hydrogen-bond acceptors (Lipinski definition) is 5. The maximum absolute atomic E-state index is 12.4. The van der Waals surface area contributed by atoms with Crippen molar-refractivity contribution < 1.29 is 9.53 Å². The molecule has 0 N–H and O–H groups in total. The van der Waals surface area contributed by atoms with Crippen LogP contribution in [0.5, 0.6) is 0 Å². The van der Waals surface area contributed by atoms with E-state index < -0.39 is 0 Å². The lowest BCUT2D eigenvalue weighted by Gasteiger charge is -2.31. The largest absolute Gasteiger partial charge is 0.375 e. The van der Waals surface area contributed by atoms with E-state index in [1.54, 1.807) is 0 Å². The second kappa shape index (κ2) is 7.81. The van der Waals surface area contributed by atoms with E-state index in [1.807, 2.05) is 36.9 Å². The summed E-state index contributed by atoms with van der Waals surface area (Å²) in [4.78, 5) is 14.3. The molecule has 6 nitrogen and oxygen atoms in total. The number of nitrogens with zero attached hydrogens (tertiary/aromatic N) is 4. The number of rotatable bonds is 5. The molecule has 2 heterocycles. The van der Waals surface area contributed by atoms with E-state index in [1.165, 1.54) is 17.3 Å². The third-order valence-corrected chi connectivity index (χ3v) is 4.96. The molecule has 1 fully saturated rings. The molecule has 0 aliphatic carbocycles. The Morgan fingerprint density at radius 1 is 1.33 bits per heavy atom. The lowest BCUT2D eigenvalue weighted by atomic mass is 10.2. The van der Waals surface area contributed by atoms with Gasteiger partial charge in [0.2, 0.25) is 5.91 Å². The van der Waals surface area contributed by atoms with Crippen LogP contribution in [0, 0.1) is 6.92 Å². The third kappa shape index (κ3) is 4.15. The average Bonchev–Trinajstić information content (AvgIpc) is 2.94. The van der Waals surface area contributed by atoms with Gasteiger partial charge in [0.05, 0.1) is 25.0 Å². The van der Waals surface area contributed by atoms with Crippen molar-refractivity contribution >= 4 is 17.7 Å². The van der Waals surface area contributed by atoms with Crippen molar-refractivity contribution in [3.63, 3.8) is 0 Å². The van der Waals surface area contributed by atoms with E-state index in [-0.39, 0.29) is 12.0 Å². The molecular weight excluding hydrogens is 324 g/mol. The summed E-state index contributed by atoms with van der Waals surface area (Å²) >= 11 is 1.45. The van der Waals surface area contributed by atoms with Crippen molar-refractivity contribution in [3.05, 3.63) is 41.7 Å². The number of thioether (sulfide) groups is 1. The van der Waals surface area contributed by atoms with Gasteiger partial charge in [-0.05, 0) is 19.4 Å². The fraction of sp³-hybridized carbons (Fsp3) is 0.471. The van der Waals surface area contributed by atoms with Gasteiger partial charge in [-0.3, -0.25) is 4.79 Å². The molecule has 0 saturated carbocycles. The Morgan fingerprint density at radius 2 is 2.12 bits per heavy atom. The van der Waals surface area contributed by atoms with Gasteiger partial charge in [-0.2, -0.15) is 0 Å². The minimum atomic E-state index is 0.108. The first-order chi connectivity index (χ1) is 11.6. The lowest BCUT2D eigenvalue weighted by Crippen LogP contribution is -2.45. The molecule has 24 heavy (non-hydrogen) atoms. The highest BCUT2D eigenvalue weighted by Gasteiger charge is 2.22. The highest BCUT2D eigenvalue weighted by molar-refractivity contribution is 7.99. The number of ether oxygens (including phenoxy) is 1. The van der Waals surface area contributed by atoms with Crippen molar-refractivity contribution in [1.82, 2.24) is 19.7 Å².